The number of aromatic nitrogens is 2. The Hall–Kier alpha value is -3.71. The third-order valence-electron chi connectivity index (χ3n) is 4.57. The number of carbonyl (C=O) groups excluding carboxylic acids is 1. The second kappa shape index (κ2) is 7.37. The molecule has 3 heterocycles. The van der Waals surface area contributed by atoms with Gasteiger partial charge in [-0.05, 0) is 37.1 Å². The van der Waals surface area contributed by atoms with Crippen molar-refractivity contribution in [2.75, 3.05) is 11.9 Å². The zero-order valence-corrected chi connectivity index (χ0v) is 16.4. The molecular weight excluding hydrogens is 392 g/mol. The summed E-state index contributed by atoms with van der Waals surface area (Å²) >= 11 is 1.39. The molecule has 1 aromatic carbocycles. The molecule has 0 bridgehead atoms. The van der Waals surface area contributed by atoms with E-state index in [4.69, 9.17) is 11.3 Å². The molecule has 0 aliphatic carbocycles. The first-order chi connectivity index (χ1) is 14.0. The van der Waals surface area contributed by atoms with Gasteiger partial charge in [0.15, 0.2) is 6.61 Å². The number of benzene rings is 1. The van der Waals surface area contributed by atoms with Gasteiger partial charge in [-0.1, -0.05) is 6.07 Å². The minimum atomic E-state index is -0.468. The van der Waals surface area contributed by atoms with Gasteiger partial charge in [-0.2, -0.15) is 6.57 Å². The molecule has 146 valence electrons. The maximum Gasteiger partial charge on any atom is 0.287 e. The molecule has 29 heavy (non-hydrogen) atoms. The standard InChI is InChI=1S/C19H16N6O3S/c1-9-10(2)29-19-15(9)17(26)23-16(24-19)18(27)21-7-11-4-5-13-12(6-11)22-14(8-28-13)25-20-3/h4-6H,7-8H2,1-2H3,(H,21,27)(H,22,25)(H,23,24,26). The normalized spacial score (nSPS) is 14.0. The van der Waals surface area contributed by atoms with E-state index in [1.165, 1.54) is 11.3 Å². The van der Waals surface area contributed by atoms with E-state index in [9.17, 15) is 9.59 Å². The highest BCUT2D eigenvalue weighted by molar-refractivity contribution is 7.18. The van der Waals surface area contributed by atoms with Gasteiger partial charge in [0.2, 0.25) is 11.7 Å². The summed E-state index contributed by atoms with van der Waals surface area (Å²) in [6, 6.07) is 5.41. The van der Waals surface area contributed by atoms with E-state index in [0.717, 1.165) is 16.0 Å². The van der Waals surface area contributed by atoms with Gasteiger partial charge in [0.1, 0.15) is 15.7 Å². The highest BCUT2D eigenvalue weighted by atomic mass is 32.1. The number of aromatic amines is 1. The molecule has 0 unspecified atom stereocenters. The number of amides is 1. The number of aryl methyl sites for hydroxylation is 2. The van der Waals surface area contributed by atoms with E-state index in [1.54, 1.807) is 12.1 Å². The van der Waals surface area contributed by atoms with Gasteiger partial charge >= 0.3 is 0 Å². The van der Waals surface area contributed by atoms with Gasteiger partial charge in [-0.3, -0.25) is 9.59 Å². The van der Waals surface area contributed by atoms with Crippen LogP contribution in [0.15, 0.2) is 28.1 Å². The number of anilines is 1. The van der Waals surface area contributed by atoms with Crippen LogP contribution in [0.25, 0.3) is 15.2 Å². The fraction of sp³-hybridized carbons (Fsp3) is 0.211. The molecule has 0 atom stereocenters. The molecule has 1 aliphatic heterocycles. The van der Waals surface area contributed by atoms with Crippen molar-refractivity contribution in [2.45, 2.75) is 20.4 Å². The number of ether oxygens (including phenoxy) is 1. The minimum Gasteiger partial charge on any atom is -0.483 e. The zero-order chi connectivity index (χ0) is 20.5. The minimum absolute atomic E-state index is 0.0188. The molecule has 0 saturated carbocycles. The molecule has 4 rings (SSSR count). The van der Waals surface area contributed by atoms with Crippen molar-refractivity contribution in [3.05, 3.63) is 61.9 Å². The average Bonchev–Trinajstić information content (AvgIpc) is 3.00. The van der Waals surface area contributed by atoms with Crippen LogP contribution in [0.4, 0.5) is 5.69 Å². The molecule has 0 saturated heterocycles. The average molecular weight is 408 g/mol. The van der Waals surface area contributed by atoms with E-state index in [1.807, 2.05) is 19.9 Å². The van der Waals surface area contributed by atoms with Crippen LogP contribution in [0.2, 0.25) is 0 Å². The molecule has 1 amide bonds. The molecule has 9 nitrogen and oxygen atoms in total. The van der Waals surface area contributed by atoms with Crippen LogP contribution in [0.1, 0.15) is 26.6 Å². The number of carbonyl (C=O) groups is 1. The van der Waals surface area contributed by atoms with E-state index >= 15 is 0 Å². The highest BCUT2D eigenvalue weighted by Crippen LogP contribution is 2.29. The maximum atomic E-state index is 12.5. The Morgan fingerprint density at radius 3 is 3.07 bits per heavy atom. The SMILES string of the molecule is [C-]#[N+]N=C1COc2ccc(CNC(=O)c3nc4sc(C)c(C)c4c(=O)[nH]3)cc2N1. The van der Waals surface area contributed by atoms with Crippen LogP contribution in [0.5, 0.6) is 5.75 Å². The lowest BCUT2D eigenvalue weighted by Crippen LogP contribution is -2.28. The summed E-state index contributed by atoms with van der Waals surface area (Å²) in [5.74, 6) is 0.578. The number of H-pyrrole nitrogens is 1. The van der Waals surface area contributed by atoms with Gasteiger partial charge in [0, 0.05) is 11.4 Å². The predicted octanol–water partition coefficient (Wildman–Crippen LogP) is 2.57. The van der Waals surface area contributed by atoms with Crippen LogP contribution in [0, 0.1) is 20.4 Å². The third kappa shape index (κ3) is 3.55. The first-order valence-electron chi connectivity index (χ1n) is 8.70. The van der Waals surface area contributed by atoms with E-state index in [2.05, 4.69) is 30.7 Å². The topological polar surface area (TPSA) is 113 Å². The van der Waals surface area contributed by atoms with Crippen LogP contribution in [0.3, 0.4) is 0 Å². The van der Waals surface area contributed by atoms with Crippen molar-refractivity contribution in [3.8, 4) is 5.75 Å². The van der Waals surface area contributed by atoms with Crippen molar-refractivity contribution in [2.24, 2.45) is 5.10 Å². The lowest BCUT2D eigenvalue weighted by atomic mass is 10.1. The van der Waals surface area contributed by atoms with Crippen molar-refractivity contribution < 1.29 is 9.53 Å². The number of nitrogens with one attached hydrogen (secondary N) is 3. The summed E-state index contributed by atoms with van der Waals surface area (Å²) in [6.07, 6.45) is 0. The first kappa shape index (κ1) is 18.6. The molecule has 3 N–H and O–H groups in total. The lowest BCUT2D eigenvalue weighted by Gasteiger charge is -2.19. The van der Waals surface area contributed by atoms with Gasteiger partial charge < -0.3 is 20.4 Å². The third-order valence-corrected chi connectivity index (χ3v) is 5.67. The van der Waals surface area contributed by atoms with Crippen molar-refractivity contribution in [1.82, 2.24) is 15.3 Å². The van der Waals surface area contributed by atoms with Gasteiger partial charge in [-0.25, -0.2) is 4.98 Å². The van der Waals surface area contributed by atoms with Crippen molar-refractivity contribution in [3.63, 3.8) is 0 Å². The molecular formula is C19H16N6O3S. The quantitative estimate of drug-likeness (QED) is 0.455. The predicted molar refractivity (Wildman–Crippen MR) is 110 cm³/mol. The second-order valence-electron chi connectivity index (χ2n) is 6.45. The Balaban J connectivity index is 1.51. The Bertz CT molecular complexity index is 1270. The Kier molecular flexibility index (Phi) is 4.74. The molecule has 2 aromatic heterocycles. The van der Waals surface area contributed by atoms with E-state index in [0.29, 0.717) is 27.5 Å². The molecule has 3 aromatic rings. The Labute approximate surface area is 169 Å². The van der Waals surface area contributed by atoms with Crippen LogP contribution in [-0.2, 0) is 6.54 Å². The Morgan fingerprint density at radius 1 is 1.45 bits per heavy atom. The zero-order valence-electron chi connectivity index (χ0n) is 15.6. The van der Waals surface area contributed by atoms with E-state index < -0.39 is 5.91 Å². The van der Waals surface area contributed by atoms with Gasteiger partial charge in [0.25, 0.3) is 11.5 Å². The Morgan fingerprint density at radius 2 is 2.28 bits per heavy atom. The summed E-state index contributed by atoms with van der Waals surface area (Å²) in [5, 5.41) is 9.95. The summed E-state index contributed by atoms with van der Waals surface area (Å²) < 4.78 is 5.53. The maximum absolute atomic E-state index is 12.5. The second-order valence-corrected chi connectivity index (χ2v) is 7.65. The van der Waals surface area contributed by atoms with Gasteiger partial charge in [-0.15, -0.1) is 16.3 Å². The molecule has 0 radical (unpaired) electrons. The number of fused-ring (bicyclic) bond motifs is 2. The summed E-state index contributed by atoms with van der Waals surface area (Å²) in [6.45, 7) is 11.0. The lowest BCUT2D eigenvalue weighted by molar-refractivity contribution is 0.0940. The number of rotatable bonds is 3. The highest BCUT2D eigenvalue weighted by Gasteiger charge is 2.18. The van der Waals surface area contributed by atoms with Crippen LogP contribution < -0.4 is 20.9 Å². The summed E-state index contributed by atoms with van der Waals surface area (Å²) in [4.78, 5) is 36.2. The molecule has 10 heteroatoms. The van der Waals surface area contributed by atoms with Gasteiger partial charge in [0.05, 0.1) is 11.1 Å². The number of hydrogen-bond acceptors (Lipinski definition) is 6. The van der Waals surface area contributed by atoms with Crippen LogP contribution >= 0.6 is 11.3 Å². The molecule has 1 aliphatic rings. The largest absolute Gasteiger partial charge is 0.483 e. The number of amidine groups is 1. The van der Waals surface area contributed by atoms with E-state index in [-0.39, 0.29) is 24.5 Å². The molecule has 0 spiro atoms. The number of nitrogens with zero attached hydrogens (tertiary/aromatic N) is 3. The first-order valence-corrected chi connectivity index (χ1v) is 9.52. The van der Waals surface area contributed by atoms with Crippen molar-refractivity contribution in [1.29, 1.82) is 0 Å². The van der Waals surface area contributed by atoms with Crippen LogP contribution in [-0.4, -0.2) is 28.3 Å². The monoisotopic (exact) mass is 408 g/mol. The fourth-order valence-electron chi connectivity index (χ4n) is 2.99. The smallest absolute Gasteiger partial charge is 0.287 e. The fourth-order valence-corrected chi connectivity index (χ4v) is 4.02. The molecule has 0 fully saturated rings. The number of hydrogen-bond donors (Lipinski definition) is 3. The summed E-state index contributed by atoms with van der Waals surface area (Å²) in [7, 11) is 0. The summed E-state index contributed by atoms with van der Waals surface area (Å²) in [5.41, 5.74) is 2.05. The van der Waals surface area contributed by atoms with Crippen molar-refractivity contribution >= 4 is 39.0 Å². The number of thiophene rings is 1.